The number of carbonyl (C=O) groups excluding carboxylic acids is 2. The standard InChI is InChI=1S/C24H21NO6/c1-14-5-7-15(8-6-14)22(27)20-21(16-9-10-18(26)19(12-16)30-2)25(24(29)23(20)28)13-17-4-3-11-31-17/h3-12,21,26-27H,13H2,1-2H3/b22-20+/t21-/m0/s1. The second-order valence-electron chi connectivity index (χ2n) is 7.30. The van der Waals surface area contributed by atoms with Gasteiger partial charge in [-0.15, -0.1) is 0 Å². The summed E-state index contributed by atoms with van der Waals surface area (Å²) in [6, 6.07) is 14.1. The quantitative estimate of drug-likeness (QED) is 0.369. The maximum absolute atomic E-state index is 13.0. The van der Waals surface area contributed by atoms with Gasteiger partial charge in [0.2, 0.25) is 0 Å². The number of ketones is 1. The number of hydrogen-bond acceptors (Lipinski definition) is 6. The van der Waals surface area contributed by atoms with Gasteiger partial charge in [-0.2, -0.15) is 0 Å². The second-order valence-corrected chi connectivity index (χ2v) is 7.30. The summed E-state index contributed by atoms with van der Waals surface area (Å²) in [5.74, 6) is -1.20. The molecule has 158 valence electrons. The summed E-state index contributed by atoms with van der Waals surface area (Å²) in [6.07, 6.45) is 1.48. The van der Waals surface area contributed by atoms with Crippen molar-refractivity contribution in [1.29, 1.82) is 0 Å². The lowest BCUT2D eigenvalue weighted by Gasteiger charge is -2.25. The van der Waals surface area contributed by atoms with E-state index >= 15 is 0 Å². The van der Waals surface area contributed by atoms with Crippen LogP contribution in [0, 0.1) is 6.92 Å². The van der Waals surface area contributed by atoms with Crippen LogP contribution in [0.25, 0.3) is 5.76 Å². The van der Waals surface area contributed by atoms with Gasteiger partial charge in [0.1, 0.15) is 11.5 Å². The molecule has 1 amide bonds. The first-order valence-corrected chi connectivity index (χ1v) is 9.65. The maximum Gasteiger partial charge on any atom is 0.296 e. The number of amides is 1. The number of hydrogen-bond donors (Lipinski definition) is 2. The van der Waals surface area contributed by atoms with Crippen LogP contribution in [0.2, 0.25) is 0 Å². The average Bonchev–Trinajstić information content (AvgIpc) is 3.37. The first-order chi connectivity index (χ1) is 14.9. The highest BCUT2D eigenvalue weighted by Gasteiger charge is 2.46. The number of aryl methyl sites for hydroxylation is 1. The molecule has 1 fully saturated rings. The largest absolute Gasteiger partial charge is 0.507 e. The van der Waals surface area contributed by atoms with E-state index in [1.165, 1.54) is 24.3 Å². The minimum atomic E-state index is -0.888. The molecule has 0 unspecified atom stereocenters. The number of rotatable bonds is 5. The van der Waals surface area contributed by atoms with Crippen LogP contribution in [0.5, 0.6) is 11.5 Å². The number of nitrogens with zero attached hydrogens (tertiary/aromatic N) is 1. The number of furan rings is 1. The van der Waals surface area contributed by atoms with E-state index in [1.54, 1.807) is 36.4 Å². The summed E-state index contributed by atoms with van der Waals surface area (Å²) >= 11 is 0. The van der Waals surface area contributed by atoms with Crippen molar-refractivity contribution >= 4 is 17.4 Å². The Morgan fingerprint density at radius 3 is 2.52 bits per heavy atom. The number of carbonyl (C=O) groups is 2. The normalized spacial score (nSPS) is 17.9. The van der Waals surface area contributed by atoms with Crippen LogP contribution in [-0.2, 0) is 16.1 Å². The van der Waals surface area contributed by atoms with E-state index in [2.05, 4.69) is 0 Å². The molecule has 2 N–H and O–H groups in total. The van der Waals surface area contributed by atoms with Crippen LogP contribution in [0.15, 0.2) is 70.9 Å². The molecule has 0 bridgehead atoms. The monoisotopic (exact) mass is 419 g/mol. The van der Waals surface area contributed by atoms with Crippen LogP contribution >= 0.6 is 0 Å². The van der Waals surface area contributed by atoms with Gasteiger partial charge in [-0.05, 0) is 36.8 Å². The fraction of sp³-hybridized carbons (Fsp3) is 0.167. The Morgan fingerprint density at radius 2 is 1.87 bits per heavy atom. The lowest BCUT2D eigenvalue weighted by Crippen LogP contribution is -2.29. The van der Waals surface area contributed by atoms with Crippen molar-refractivity contribution in [3.05, 3.63) is 88.9 Å². The van der Waals surface area contributed by atoms with Gasteiger partial charge in [0.15, 0.2) is 11.5 Å². The van der Waals surface area contributed by atoms with Crippen molar-refractivity contribution in [2.24, 2.45) is 0 Å². The predicted octanol–water partition coefficient (Wildman–Crippen LogP) is 3.92. The van der Waals surface area contributed by atoms with Crippen molar-refractivity contribution in [1.82, 2.24) is 4.90 Å². The lowest BCUT2D eigenvalue weighted by atomic mass is 9.94. The topological polar surface area (TPSA) is 100 Å². The van der Waals surface area contributed by atoms with E-state index in [0.717, 1.165) is 5.56 Å². The van der Waals surface area contributed by atoms with E-state index in [0.29, 0.717) is 16.9 Å². The zero-order chi connectivity index (χ0) is 22.1. The molecule has 1 atom stereocenters. The minimum absolute atomic E-state index is 0.0341. The van der Waals surface area contributed by atoms with E-state index in [9.17, 15) is 19.8 Å². The first-order valence-electron chi connectivity index (χ1n) is 9.65. The van der Waals surface area contributed by atoms with Gasteiger partial charge in [0.05, 0.1) is 31.5 Å². The van der Waals surface area contributed by atoms with Crippen LogP contribution in [0.4, 0.5) is 0 Å². The average molecular weight is 419 g/mol. The summed E-state index contributed by atoms with van der Waals surface area (Å²) in [4.78, 5) is 27.3. The number of likely N-dealkylation sites (tertiary alicyclic amines) is 1. The van der Waals surface area contributed by atoms with E-state index in [-0.39, 0.29) is 29.4 Å². The molecule has 0 radical (unpaired) electrons. The number of methoxy groups -OCH3 is 1. The molecule has 2 aromatic carbocycles. The highest BCUT2D eigenvalue weighted by atomic mass is 16.5. The van der Waals surface area contributed by atoms with Gasteiger partial charge in [0, 0.05) is 5.56 Å². The Labute approximate surface area is 178 Å². The zero-order valence-electron chi connectivity index (χ0n) is 17.0. The van der Waals surface area contributed by atoms with Crippen LogP contribution in [0.1, 0.15) is 28.5 Å². The van der Waals surface area contributed by atoms with Crippen molar-refractivity contribution in [3.8, 4) is 11.5 Å². The Morgan fingerprint density at radius 1 is 1.13 bits per heavy atom. The maximum atomic E-state index is 13.0. The summed E-state index contributed by atoms with van der Waals surface area (Å²) in [7, 11) is 1.41. The number of phenols is 1. The molecular weight excluding hydrogens is 398 g/mol. The SMILES string of the molecule is COc1cc([C@H]2/C(=C(\O)c3ccc(C)cc3)C(=O)C(=O)N2Cc2ccco2)ccc1O. The molecule has 31 heavy (non-hydrogen) atoms. The van der Waals surface area contributed by atoms with E-state index in [4.69, 9.17) is 9.15 Å². The Bertz CT molecular complexity index is 1160. The predicted molar refractivity (Wildman–Crippen MR) is 112 cm³/mol. The molecule has 7 heteroatoms. The Hall–Kier alpha value is -4.00. The summed E-state index contributed by atoms with van der Waals surface area (Å²) in [6.45, 7) is 1.95. The van der Waals surface area contributed by atoms with Gasteiger partial charge in [-0.25, -0.2) is 0 Å². The number of ether oxygens (including phenoxy) is 1. The second kappa shape index (κ2) is 8.02. The molecule has 1 aliphatic heterocycles. The highest BCUT2D eigenvalue weighted by Crippen LogP contribution is 2.42. The van der Waals surface area contributed by atoms with Crippen molar-refractivity contribution in [3.63, 3.8) is 0 Å². The molecule has 7 nitrogen and oxygen atoms in total. The third kappa shape index (κ3) is 3.66. The third-order valence-electron chi connectivity index (χ3n) is 5.29. The fourth-order valence-electron chi connectivity index (χ4n) is 3.69. The number of aliphatic hydroxyl groups excluding tert-OH is 1. The van der Waals surface area contributed by atoms with Crippen LogP contribution < -0.4 is 4.74 Å². The molecule has 3 aromatic rings. The highest BCUT2D eigenvalue weighted by molar-refractivity contribution is 6.46. The zero-order valence-corrected chi connectivity index (χ0v) is 17.0. The summed E-state index contributed by atoms with van der Waals surface area (Å²) < 4.78 is 10.6. The molecule has 1 aliphatic rings. The Balaban J connectivity index is 1.89. The van der Waals surface area contributed by atoms with E-state index < -0.39 is 17.7 Å². The summed E-state index contributed by atoms with van der Waals surface area (Å²) in [5.41, 5.74) is 1.90. The molecule has 1 aromatic heterocycles. The van der Waals surface area contributed by atoms with Crippen molar-refractivity contribution < 1.29 is 29.0 Å². The number of Topliss-reactive ketones (excluding diaryl/α,β-unsaturated/α-hetero) is 1. The minimum Gasteiger partial charge on any atom is -0.507 e. The van der Waals surface area contributed by atoms with Gasteiger partial charge >= 0.3 is 0 Å². The lowest BCUT2D eigenvalue weighted by molar-refractivity contribution is -0.140. The van der Waals surface area contributed by atoms with Gasteiger partial charge in [0.25, 0.3) is 11.7 Å². The fourth-order valence-corrected chi connectivity index (χ4v) is 3.69. The number of phenolic OH excluding ortho intramolecular Hbond substituents is 1. The molecular formula is C24H21NO6. The molecule has 1 saturated heterocycles. The van der Waals surface area contributed by atoms with Crippen LogP contribution in [-0.4, -0.2) is 33.9 Å². The van der Waals surface area contributed by atoms with Gasteiger partial charge in [-0.1, -0.05) is 35.9 Å². The van der Waals surface area contributed by atoms with Gasteiger partial charge < -0.3 is 24.3 Å². The molecule has 2 heterocycles. The molecule has 0 spiro atoms. The first kappa shape index (κ1) is 20.3. The molecule has 0 aliphatic carbocycles. The third-order valence-corrected chi connectivity index (χ3v) is 5.29. The van der Waals surface area contributed by atoms with E-state index in [1.807, 2.05) is 19.1 Å². The van der Waals surface area contributed by atoms with Gasteiger partial charge in [-0.3, -0.25) is 9.59 Å². The van der Waals surface area contributed by atoms with Crippen molar-refractivity contribution in [2.75, 3.05) is 7.11 Å². The Kier molecular flexibility index (Phi) is 5.25. The van der Waals surface area contributed by atoms with Crippen LogP contribution in [0.3, 0.4) is 0 Å². The number of aliphatic hydroxyl groups is 1. The smallest absolute Gasteiger partial charge is 0.296 e. The van der Waals surface area contributed by atoms with Crippen molar-refractivity contribution in [2.45, 2.75) is 19.5 Å². The number of aromatic hydroxyl groups is 1. The molecule has 4 rings (SSSR count). The summed E-state index contributed by atoms with van der Waals surface area (Å²) in [5, 5.41) is 21.0. The molecule has 0 saturated carbocycles. The number of benzene rings is 2.